The normalized spacial score (nSPS) is 15.7. The van der Waals surface area contributed by atoms with Crippen molar-refractivity contribution in [3.63, 3.8) is 0 Å². The summed E-state index contributed by atoms with van der Waals surface area (Å²) in [5, 5.41) is 11.3. The van der Waals surface area contributed by atoms with Gasteiger partial charge >= 0.3 is 0 Å². The van der Waals surface area contributed by atoms with Crippen LogP contribution >= 0.6 is 11.6 Å². The third-order valence-corrected chi connectivity index (χ3v) is 6.30. The average molecular weight is 451 g/mol. The fourth-order valence-corrected chi connectivity index (χ4v) is 4.51. The van der Waals surface area contributed by atoms with Crippen molar-refractivity contribution in [2.24, 2.45) is 0 Å². The van der Waals surface area contributed by atoms with Crippen LogP contribution in [0, 0.1) is 13.8 Å². The van der Waals surface area contributed by atoms with Gasteiger partial charge in [-0.1, -0.05) is 54.1 Å². The summed E-state index contributed by atoms with van der Waals surface area (Å²) in [5.74, 6) is 1.84. The van der Waals surface area contributed by atoms with Gasteiger partial charge in [-0.2, -0.15) is 0 Å². The molecule has 0 amide bonds. The van der Waals surface area contributed by atoms with Crippen molar-refractivity contribution in [1.82, 2.24) is 14.9 Å². The largest absolute Gasteiger partial charge is 0.391 e. The summed E-state index contributed by atoms with van der Waals surface area (Å²) in [6.45, 7) is 8.33. The van der Waals surface area contributed by atoms with Crippen molar-refractivity contribution < 1.29 is 5.11 Å². The maximum atomic E-state index is 10.6. The molecule has 1 fully saturated rings. The number of rotatable bonds is 7. The van der Waals surface area contributed by atoms with Gasteiger partial charge in [-0.25, -0.2) is 9.97 Å². The van der Waals surface area contributed by atoms with Crippen LogP contribution in [-0.2, 0) is 12.8 Å². The molecule has 2 aromatic carbocycles. The van der Waals surface area contributed by atoms with Crippen LogP contribution in [0.5, 0.6) is 0 Å². The Kier molecular flexibility index (Phi) is 7.40. The molecule has 0 spiro atoms. The average Bonchev–Trinajstić information content (AvgIpc) is 2.78. The minimum absolute atomic E-state index is 0.354. The molecule has 168 valence electrons. The standard InChI is InChI=1S/C26H31ClN4O/c1-19-25(17-22-8-10-23(27)11-9-22)26(29-20(2)28-19)31-14-12-30(13-15-31)18-24(32)16-21-6-4-3-5-7-21/h3-11,24,32H,12-18H2,1-2H3/t24-/m1/s1. The molecule has 5 nitrogen and oxygen atoms in total. The fourth-order valence-electron chi connectivity index (χ4n) is 4.38. The SMILES string of the molecule is Cc1nc(C)c(Cc2ccc(Cl)cc2)c(N2CCN(C[C@H](O)Cc3ccccc3)CC2)n1. The van der Waals surface area contributed by atoms with Gasteiger partial charge in [-0.15, -0.1) is 0 Å². The third kappa shape index (κ3) is 5.85. The number of halogens is 1. The topological polar surface area (TPSA) is 52.5 Å². The number of nitrogens with zero attached hydrogens (tertiary/aromatic N) is 4. The highest BCUT2D eigenvalue weighted by Gasteiger charge is 2.23. The Morgan fingerprint density at radius 2 is 1.59 bits per heavy atom. The Morgan fingerprint density at radius 3 is 2.28 bits per heavy atom. The number of hydrogen-bond donors (Lipinski definition) is 1. The predicted molar refractivity (Wildman–Crippen MR) is 131 cm³/mol. The quantitative estimate of drug-likeness (QED) is 0.588. The number of hydrogen-bond acceptors (Lipinski definition) is 5. The number of aryl methyl sites for hydroxylation is 2. The van der Waals surface area contributed by atoms with E-state index in [1.165, 1.54) is 16.7 Å². The summed E-state index contributed by atoms with van der Waals surface area (Å²) < 4.78 is 0. The summed E-state index contributed by atoms with van der Waals surface area (Å²) in [4.78, 5) is 14.2. The van der Waals surface area contributed by atoms with E-state index in [1.54, 1.807) is 0 Å². The highest BCUT2D eigenvalue weighted by Crippen LogP contribution is 2.25. The lowest BCUT2D eigenvalue weighted by Crippen LogP contribution is -2.49. The maximum absolute atomic E-state index is 10.6. The Bertz CT molecular complexity index is 1020. The summed E-state index contributed by atoms with van der Waals surface area (Å²) in [5.41, 5.74) is 4.59. The minimum Gasteiger partial charge on any atom is -0.391 e. The summed E-state index contributed by atoms with van der Waals surface area (Å²) in [7, 11) is 0. The van der Waals surface area contributed by atoms with Crippen molar-refractivity contribution in [3.8, 4) is 0 Å². The van der Waals surface area contributed by atoms with Gasteiger partial charge in [0.1, 0.15) is 11.6 Å². The smallest absolute Gasteiger partial charge is 0.136 e. The van der Waals surface area contributed by atoms with E-state index < -0.39 is 0 Å². The molecule has 1 aromatic heterocycles. The minimum atomic E-state index is -0.354. The van der Waals surface area contributed by atoms with Gasteiger partial charge < -0.3 is 10.0 Å². The van der Waals surface area contributed by atoms with E-state index in [1.807, 2.05) is 37.3 Å². The Morgan fingerprint density at radius 1 is 0.906 bits per heavy atom. The molecule has 1 saturated heterocycles. The molecular weight excluding hydrogens is 420 g/mol. The lowest BCUT2D eigenvalue weighted by atomic mass is 10.0. The number of piperazine rings is 1. The highest BCUT2D eigenvalue weighted by molar-refractivity contribution is 6.30. The van der Waals surface area contributed by atoms with Gasteiger partial charge in [0.25, 0.3) is 0 Å². The molecule has 0 aliphatic carbocycles. The highest BCUT2D eigenvalue weighted by atomic mass is 35.5. The number of aromatic nitrogens is 2. The van der Waals surface area contributed by atoms with Gasteiger partial charge in [0.15, 0.2) is 0 Å². The Hall–Kier alpha value is -2.47. The van der Waals surface area contributed by atoms with Crippen molar-refractivity contribution in [2.45, 2.75) is 32.8 Å². The molecule has 0 saturated carbocycles. The zero-order chi connectivity index (χ0) is 22.5. The molecule has 1 atom stereocenters. The molecule has 4 rings (SSSR count). The first kappa shape index (κ1) is 22.7. The van der Waals surface area contributed by atoms with E-state index in [4.69, 9.17) is 16.6 Å². The van der Waals surface area contributed by atoms with Crippen LogP contribution in [0.15, 0.2) is 54.6 Å². The molecule has 6 heteroatoms. The van der Waals surface area contributed by atoms with Gasteiger partial charge in [0, 0.05) is 55.4 Å². The lowest BCUT2D eigenvalue weighted by molar-refractivity contribution is 0.109. The summed E-state index contributed by atoms with van der Waals surface area (Å²) in [6, 6.07) is 18.2. The number of benzene rings is 2. The summed E-state index contributed by atoms with van der Waals surface area (Å²) in [6.07, 6.45) is 1.12. The van der Waals surface area contributed by atoms with Gasteiger partial charge in [0.2, 0.25) is 0 Å². The van der Waals surface area contributed by atoms with Crippen LogP contribution in [-0.4, -0.2) is 58.8 Å². The molecule has 3 aromatic rings. The van der Waals surface area contributed by atoms with E-state index in [-0.39, 0.29) is 6.10 Å². The van der Waals surface area contributed by atoms with E-state index >= 15 is 0 Å². The Labute approximate surface area is 195 Å². The first-order valence-electron chi connectivity index (χ1n) is 11.3. The van der Waals surface area contributed by atoms with Crippen molar-refractivity contribution in [2.75, 3.05) is 37.6 Å². The van der Waals surface area contributed by atoms with Gasteiger partial charge in [0.05, 0.1) is 6.10 Å². The number of aliphatic hydroxyl groups excluding tert-OH is 1. The third-order valence-electron chi connectivity index (χ3n) is 6.05. The molecule has 0 radical (unpaired) electrons. The fraction of sp³-hybridized carbons (Fsp3) is 0.385. The van der Waals surface area contributed by atoms with E-state index in [0.717, 1.165) is 55.0 Å². The van der Waals surface area contributed by atoms with Crippen LogP contribution in [0.3, 0.4) is 0 Å². The first-order valence-corrected chi connectivity index (χ1v) is 11.6. The maximum Gasteiger partial charge on any atom is 0.136 e. The molecule has 0 unspecified atom stereocenters. The summed E-state index contributed by atoms with van der Waals surface area (Å²) >= 11 is 6.06. The number of anilines is 1. The van der Waals surface area contributed by atoms with Crippen LogP contribution < -0.4 is 4.90 Å². The second-order valence-electron chi connectivity index (χ2n) is 8.59. The van der Waals surface area contributed by atoms with E-state index in [2.05, 4.69) is 46.0 Å². The number of β-amino-alcohol motifs (C(OH)–C–C–N with tert-alkyl or cyclic N) is 1. The van der Waals surface area contributed by atoms with Crippen LogP contribution in [0.2, 0.25) is 5.02 Å². The molecular formula is C26H31ClN4O. The van der Waals surface area contributed by atoms with Crippen molar-refractivity contribution in [1.29, 1.82) is 0 Å². The Balaban J connectivity index is 1.41. The lowest BCUT2D eigenvalue weighted by Gasteiger charge is -2.37. The zero-order valence-corrected chi connectivity index (χ0v) is 19.6. The van der Waals surface area contributed by atoms with Crippen molar-refractivity contribution in [3.05, 3.63) is 87.8 Å². The molecule has 1 aliphatic heterocycles. The van der Waals surface area contributed by atoms with Gasteiger partial charge in [-0.05, 0) is 43.5 Å². The van der Waals surface area contributed by atoms with Crippen LogP contribution in [0.1, 0.15) is 28.2 Å². The second-order valence-corrected chi connectivity index (χ2v) is 9.03. The van der Waals surface area contributed by atoms with E-state index in [9.17, 15) is 5.11 Å². The first-order chi connectivity index (χ1) is 15.5. The zero-order valence-electron chi connectivity index (χ0n) is 18.8. The molecule has 1 aliphatic rings. The predicted octanol–water partition coefficient (Wildman–Crippen LogP) is 4.06. The molecule has 0 bridgehead atoms. The molecule has 2 heterocycles. The van der Waals surface area contributed by atoms with Gasteiger partial charge in [-0.3, -0.25) is 4.90 Å². The number of aliphatic hydroxyl groups is 1. The molecule has 1 N–H and O–H groups in total. The second kappa shape index (κ2) is 10.4. The van der Waals surface area contributed by atoms with Crippen LogP contribution in [0.25, 0.3) is 0 Å². The molecule has 32 heavy (non-hydrogen) atoms. The monoisotopic (exact) mass is 450 g/mol. The van der Waals surface area contributed by atoms with E-state index in [0.29, 0.717) is 13.0 Å². The van der Waals surface area contributed by atoms with Crippen LogP contribution in [0.4, 0.5) is 5.82 Å². The van der Waals surface area contributed by atoms with Crippen molar-refractivity contribution >= 4 is 17.4 Å².